The second kappa shape index (κ2) is 6.76. The fourth-order valence-corrected chi connectivity index (χ4v) is 2.66. The number of piperazine rings is 1. The second-order valence-electron chi connectivity index (χ2n) is 5.35. The van der Waals surface area contributed by atoms with E-state index < -0.39 is 6.04 Å². The number of carbonyl (C=O) groups is 2. The lowest BCUT2D eigenvalue weighted by atomic mass is 10.1. The molecule has 1 aliphatic heterocycles. The third-order valence-electron chi connectivity index (χ3n) is 4.05. The fourth-order valence-electron chi connectivity index (χ4n) is 2.66. The predicted octanol–water partition coefficient (Wildman–Crippen LogP) is 1.02. The molecule has 7 heteroatoms. The number of hydrogen-bond acceptors (Lipinski definition) is 5. The minimum Gasteiger partial charge on any atom is -0.493 e. The Morgan fingerprint density at radius 3 is 2.13 bits per heavy atom. The van der Waals surface area contributed by atoms with E-state index in [1.807, 2.05) is 0 Å². The molecule has 0 spiro atoms. The van der Waals surface area contributed by atoms with Gasteiger partial charge in [-0.3, -0.25) is 9.59 Å². The van der Waals surface area contributed by atoms with Crippen molar-refractivity contribution in [1.29, 1.82) is 0 Å². The molecule has 1 aromatic rings. The number of benzene rings is 1. The summed E-state index contributed by atoms with van der Waals surface area (Å²) in [6.45, 7) is 2.73. The highest BCUT2D eigenvalue weighted by molar-refractivity contribution is 5.99. The van der Waals surface area contributed by atoms with Crippen molar-refractivity contribution in [2.45, 2.75) is 13.0 Å². The maximum absolute atomic E-state index is 12.8. The lowest BCUT2D eigenvalue weighted by Crippen LogP contribution is -2.56. The van der Waals surface area contributed by atoms with Crippen LogP contribution in [-0.2, 0) is 4.79 Å². The van der Waals surface area contributed by atoms with E-state index in [1.54, 1.807) is 35.9 Å². The molecule has 1 unspecified atom stereocenters. The SMILES string of the molecule is COc1cc(C(=O)N2CCN(C)C(=O)C2C)cc(OC)c1OC. The number of methoxy groups -OCH3 is 3. The molecular formula is C16H22N2O5. The van der Waals surface area contributed by atoms with E-state index in [0.29, 0.717) is 35.9 Å². The topological polar surface area (TPSA) is 68.3 Å². The van der Waals surface area contributed by atoms with Crippen LogP contribution < -0.4 is 14.2 Å². The predicted molar refractivity (Wildman–Crippen MR) is 84.2 cm³/mol. The van der Waals surface area contributed by atoms with Crippen LogP contribution in [0.3, 0.4) is 0 Å². The molecule has 1 saturated heterocycles. The third kappa shape index (κ3) is 3.04. The highest BCUT2D eigenvalue weighted by atomic mass is 16.5. The van der Waals surface area contributed by atoms with Crippen LogP contribution in [0.2, 0.25) is 0 Å². The van der Waals surface area contributed by atoms with Gasteiger partial charge in [0.05, 0.1) is 21.3 Å². The normalized spacial score (nSPS) is 18.0. The van der Waals surface area contributed by atoms with E-state index in [0.717, 1.165) is 0 Å². The fraction of sp³-hybridized carbons (Fsp3) is 0.500. The minimum absolute atomic E-state index is 0.0722. The Kier molecular flexibility index (Phi) is 4.98. The summed E-state index contributed by atoms with van der Waals surface area (Å²) in [5.41, 5.74) is 0.392. The number of hydrogen-bond donors (Lipinski definition) is 0. The molecular weight excluding hydrogens is 300 g/mol. The average molecular weight is 322 g/mol. The van der Waals surface area contributed by atoms with Gasteiger partial charge in [0.15, 0.2) is 11.5 Å². The molecule has 1 atom stereocenters. The van der Waals surface area contributed by atoms with Gasteiger partial charge in [0.25, 0.3) is 5.91 Å². The summed E-state index contributed by atoms with van der Waals surface area (Å²) in [5, 5.41) is 0. The molecule has 2 amide bonds. The van der Waals surface area contributed by atoms with Gasteiger partial charge in [-0.05, 0) is 19.1 Å². The van der Waals surface area contributed by atoms with Gasteiger partial charge in [-0.1, -0.05) is 0 Å². The molecule has 0 aliphatic carbocycles. The zero-order valence-electron chi connectivity index (χ0n) is 14.1. The van der Waals surface area contributed by atoms with E-state index in [2.05, 4.69) is 0 Å². The van der Waals surface area contributed by atoms with Gasteiger partial charge in [0, 0.05) is 25.7 Å². The Morgan fingerprint density at radius 1 is 1.09 bits per heavy atom. The van der Waals surface area contributed by atoms with E-state index >= 15 is 0 Å². The average Bonchev–Trinajstić information content (AvgIpc) is 2.57. The highest BCUT2D eigenvalue weighted by Gasteiger charge is 2.33. The Bertz CT molecular complexity index is 591. The van der Waals surface area contributed by atoms with Crippen molar-refractivity contribution in [2.24, 2.45) is 0 Å². The maximum Gasteiger partial charge on any atom is 0.254 e. The van der Waals surface area contributed by atoms with Gasteiger partial charge >= 0.3 is 0 Å². The molecule has 0 bridgehead atoms. The molecule has 2 rings (SSSR count). The number of likely N-dealkylation sites (N-methyl/N-ethyl adjacent to an activating group) is 1. The molecule has 23 heavy (non-hydrogen) atoms. The smallest absolute Gasteiger partial charge is 0.254 e. The lowest BCUT2D eigenvalue weighted by molar-refractivity contribution is -0.137. The molecule has 7 nitrogen and oxygen atoms in total. The number of ether oxygens (including phenoxy) is 3. The number of amides is 2. The van der Waals surface area contributed by atoms with Crippen molar-refractivity contribution in [2.75, 3.05) is 41.5 Å². The Balaban J connectivity index is 2.38. The van der Waals surface area contributed by atoms with Crippen LogP contribution in [0.15, 0.2) is 12.1 Å². The Morgan fingerprint density at radius 2 is 1.65 bits per heavy atom. The first-order valence-electron chi connectivity index (χ1n) is 7.30. The van der Waals surface area contributed by atoms with Crippen molar-refractivity contribution in [3.8, 4) is 17.2 Å². The number of nitrogens with zero attached hydrogens (tertiary/aromatic N) is 2. The van der Waals surface area contributed by atoms with Crippen LogP contribution in [0.5, 0.6) is 17.2 Å². The van der Waals surface area contributed by atoms with E-state index in [-0.39, 0.29) is 11.8 Å². The monoisotopic (exact) mass is 322 g/mol. The van der Waals surface area contributed by atoms with Crippen molar-refractivity contribution in [3.63, 3.8) is 0 Å². The summed E-state index contributed by atoms with van der Waals surface area (Å²) < 4.78 is 15.8. The minimum atomic E-state index is -0.500. The summed E-state index contributed by atoms with van der Waals surface area (Å²) in [6, 6.07) is 2.69. The van der Waals surface area contributed by atoms with Crippen LogP contribution in [0.4, 0.5) is 0 Å². The molecule has 0 aromatic heterocycles. The second-order valence-corrected chi connectivity index (χ2v) is 5.35. The standard InChI is InChI=1S/C16H22N2O5/c1-10-15(19)17(2)6-7-18(10)16(20)11-8-12(21-3)14(23-5)13(9-11)22-4/h8-10H,6-7H2,1-5H3. The molecule has 0 N–H and O–H groups in total. The summed E-state index contributed by atoms with van der Waals surface area (Å²) in [4.78, 5) is 28.1. The molecule has 0 radical (unpaired) electrons. The summed E-state index contributed by atoms with van der Waals surface area (Å²) in [6.07, 6.45) is 0. The van der Waals surface area contributed by atoms with Gasteiger partial charge in [-0.2, -0.15) is 0 Å². The highest BCUT2D eigenvalue weighted by Crippen LogP contribution is 2.38. The van der Waals surface area contributed by atoms with Crippen LogP contribution in [0.25, 0.3) is 0 Å². The molecule has 1 heterocycles. The van der Waals surface area contributed by atoms with Gasteiger partial charge in [-0.25, -0.2) is 0 Å². The van der Waals surface area contributed by atoms with Crippen molar-refractivity contribution in [3.05, 3.63) is 17.7 Å². The van der Waals surface area contributed by atoms with Crippen LogP contribution in [0, 0.1) is 0 Å². The van der Waals surface area contributed by atoms with E-state index in [1.165, 1.54) is 21.3 Å². The lowest BCUT2D eigenvalue weighted by Gasteiger charge is -2.37. The molecule has 0 saturated carbocycles. The van der Waals surface area contributed by atoms with E-state index in [9.17, 15) is 9.59 Å². The van der Waals surface area contributed by atoms with Gasteiger partial charge in [-0.15, -0.1) is 0 Å². The number of carbonyl (C=O) groups excluding carboxylic acids is 2. The van der Waals surface area contributed by atoms with Crippen LogP contribution in [0.1, 0.15) is 17.3 Å². The summed E-state index contributed by atoms with van der Waals surface area (Å²) in [5.74, 6) is 0.927. The van der Waals surface area contributed by atoms with Crippen molar-refractivity contribution < 1.29 is 23.8 Å². The summed E-state index contributed by atoms with van der Waals surface area (Å²) >= 11 is 0. The first-order valence-corrected chi connectivity index (χ1v) is 7.30. The molecule has 126 valence electrons. The maximum atomic E-state index is 12.8. The van der Waals surface area contributed by atoms with Gasteiger partial charge in [0.2, 0.25) is 11.7 Å². The molecule has 1 fully saturated rings. The summed E-state index contributed by atoms with van der Waals surface area (Å²) in [7, 11) is 6.23. The van der Waals surface area contributed by atoms with Crippen LogP contribution in [-0.4, -0.2) is 69.1 Å². The first kappa shape index (κ1) is 16.9. The quantitative estimate of drug-likeness (QED) is 0.828. The van der Waals surface area contributed by atoms with E-state index in [4.69, 9.17) is 14.2 Å². The van der Waals surface area contributed by atoms with Crippen LogP contribution >= 0.6 is 0 Å². The van der Waals surface area contributed by atoms with Crippen molar-refractivity contribution >= 4 is 11.8 Å². The largest absolute Gasteiger partial charge is 0.493 e. The Labute approximate surface area is 135 Å². The number of rotatable bonds is 4. The zero-order valence-corrected chi connectivity index (χ0v) is 14.1. The first-order chi connectivity index (χ1) is 10.9. The van der Waals surface area contributed by atoms with Gasteiger partial charge in [0.1, 0.15) is 6.04 Å². The molecule has 1 aliphatic rings. The Hall–Kier alpha value is -2.44. The third-order valence-corrected chi connectivity index (χ3v) is 4.05. The van der Waals surface area contributed by atoms with Gasteiger partial charge < -0.3 is 24.0 Å². The van der Waals surface area contributed by atoms with Crippen molar-refractivity contribution in [1.82, 2.24) is 9.80 Å². The zero-order chi connectivity index (χ0) is 17.1. The molecule has 1 aromatic carbocycles.